The Kier molecular flexibility index (Phi) is 7.77. The van der Waals surface area contributed by atoms with Crippen LogP contribution in [-0.2, 0) is 11.2 Å². The van der Waals surface area contributed by atoms with Gasteiger partial charge in [0.25, 0.3) is 0 Å². The SMILES string of the molecule is CC(C)Cc1ccc(C#N)c(SCCC(=O)Nc2ccc(Cl)cc2Cl)n1. The number of benzene rings is 1. The summed E-state index contributed by atoms with van der Waals surface area (Å²) in [5.41, 5.74) is 2.02. The summed E-state index contributed by atoms with van der Waals surface area (Å²) in [6.45, 7) is 4.25. The molecule has 2 aromatic rings. The summed E-state index contributed by atoms with van der Waals surface area (Å²) in [6, 6.07) is 10.7. The zero-order chi connectivity index (χ0) is 19.1. The van der Waals surface area contributed by atoms with Gasteiger partial charge in [0.1, 0.15) is 11.1 Å². The van der Waals surface area contributed by atoms with Crippen LogP contribution in [0.3, 0.4) is 0 Å². The van der Waals surface area contributed by atoms with E-state index in [0.29, 0.717) is 38.0 Å². The summed E-state index contributed by atoms with van der Waals surface area (Å²) in [5, 5.41) is 13.6. The maximum absolute atomic E-state index is 12.1. The Bertz CT molecular complexity index is 834. The van der Waals surface area contributed by atoms with Crippen molar-refractivity contribution >= 4 is 46.6 Å². The number of rotatable bonds is 7. The molecule has 0 spiro atoms. The quantitative estimate of drug-likeness (QED) is 0.608. The molecule has 1 N–H and O–H groups in total. The van der Waals surface area contributed by atoms with Crippen molar-refractivity contribution < 1.29 is 4.79 Å². The molecule has 0 saturated carbocycles. The van der Waals surface area contributed by atoms with E-state index in [9.17, 15) is 10.1 Å². The number of halogens is 2. The first-order chi connectivity index (χ1) is 12.4. The molecule has 0 saturated heterocycles. The maximum Gasteiger partial charge on any atom is 0.225 e. The summed E-state index contributed by atoms with van der Waals surface area (Å²) < 4.78 is 0. The number of hydrogen-bond donors (Lipinski definition) is 1. The minimum absolute atomic E-state index is 0.154. The fourth-order valence-electron chi connectivity index (χ4n) is 2.25. The maximum atomic E-state index is 12.1. The second kappa shape index (κ2) is 9.82. The Hall–Kier alpha value is -1.74. The van der Waals surface area contributed by atoms with Crippen LogP contribution in [0.5, 0.6) is 0 Å². The number of pyridine rings is 1. The molecule has 0 fully saturated rings. The van der Waals surface area contributed by atoms with Crippen molar-refractivity contribution in [3.8, 4) is 6.07 Å². The number of hydrogen-bond acceptors (Lipinski definition) is 4. The summed E-state index contributed by atoms with van der Waals surface area (Å²) >= 11 is 13.3. The van der Waals surface area contributed by atoms with Crippen LogP contribution in [0.2, 0.25) is 10.0 Å². The topological polar surface area (TPSA) is 65.8 Å². The molecular weight excluding hydrogens is 389 g/mol. The van der Waals surface area contributed by atoms with Crippen LogP contribution >= 0.6 is 35.0 Å². The standard InChI is InChI=1S/C19H19Cl2N3OS/c1-12(2)9-15-5-3-13(11-22)19(23-15)26-8-7-18(25)24-17-6-4-14(20)10-16(17)21/h3-6,10,12H,7-9H2,1-2H3,(H,24,25). The van der Waals surface area contributed by atoms with Gasteiger partial charge in [-0.15, -0.1) is 11.8 Å². The van der Waals surface area contributed by atoms with Gasteiger partial charge in [0, 0.05) is 22.9 Å². The molecule has 7 heteroatoms. The molecule has 1 aromatic carbocycles. The number of aromatic nitrogens is 1. The van der Waals surface area contributed by atoms with Crippen molar-refractivity contribution in [2.75, 3.05) is 11.1 Å². The summed E-state index contributed by atoms with van der Waals surface area (Å²) in [6.07, 6.45) is 1.14. The molecule has 0 aliphatic rings. The lowest BCUT2D eigenvalue weighted by Crippen LogP contribution is -2.12. The molecule has 0 atom stereocenters. The average molecular weight is 408 g/mol. The Morgan fingerprint density at radius 1 is 1.31 bits per heavy atom. The number of nitriles is 1. The lowest BCUT2D eigenvalue weighted by Gasteiger charge is -2.09. The van der Waals surface area contributed by atoms with Crippen molar-refractivity contribution in [2.24, 2.45) is 5.92 Å². The molecular formula is C19H19Cl2N3OS. The highest BCUT2D eigenvalue weighted by Crippen LogP contribution is 2.26. The van der Waals surface area contributed by atoms with Crippen LogP contribution in [-0.4, -0.2) is 16.6 Å². The molecule has 0 radical (unpaired) electrons. The average Bonchev–Trinajstić information content (AvgIpc) is 2.57. The second-order valence-corrected chi connectivity index (χ2v) is 8.06. The van der Waals surface area contributed by atoms with E-state index in [4.69, 9.17) is 23.2 Å². The number of nitrogens with zero attached hydrogens (tertiary/aromatic N) is 2. The molecule has 0 aliphatic carbocycles. The van der Waals surface area contributed by atoms with Gasteiger partial charge in [0.2, 0.25) is 5.91 Å². The Morgan fingerprint density at radius 2 is 2.08 bits per heavy atom. The van der Waals surface area contributed by atoms with E-state index < -0.39 is 0 Å². The van der Waals surface area contributed by atoms with Crippen LogP contribution < -0.4 is 5.32 Å². The fraction of sp³-hybridized carbons (Fsp3) is 0.316. The van der Waals surface area contributed by atoms with Gasteiger partial charge in [-0.25, -0.2) is 4.98 Å². The third-order valence-corrected chi connectivity index (χ3v) is 4.97. The van der Waals surface area contributed by atoms with Crippen molar-refractivity contribution in [1.82, 2.24) is 4.98 Å². The second-order valence-electron chi connectivity index (χ2n) is 6.14. The number of anilines is 1. The van der Waals surface area contributed by atoms with Crippen molar-refractivity contribution in [1.29, 1.82) is 5.26 Å². The molecule has 0 unspecified atom stereocenters. The minimum Gasteiger partial charge on any atom is -0.325 e. The van der Waals surface area contributed by atoms with Crippen LogP contribution in [0.15, 0.2) is 35.4 Å². The monoisotopic (exact) mass is 407 g/mol. The highest BCUT2D eigenvalue weighted by molar-refractivity contribution is 7.99. The lowest BCUT2D eigenvalue weighted by atomic mass is 10.1. The molecule has 26 heavy (non-hydrogen) atoms. The Labute approximate surface area is 167 Å². The van der Waals surface area contributed by atoms with Crippen LogP contribution in [0.4, 0.5) is 5.69 Å². The van der Waals surface area contributed by atoms with E-state index >= 15 is 0 Å². The van der Waals surface area contributed by atoms with Crippen molar-refractivity contribution in [3.05, 3.63) is 51.6 Å². The van der Waals surface area contributed by atoms with Crippen molar-refractivity contribution in [2.45, 2.75) is 31.7 Å². The first kappa shape index (κ1) is 20.6. The predicted octanol–water partition coefficient (Wildman–Crippen LogP) is 5.58. The van der Waals surface area contributed by atoms with Crippen LogP contribution in [0.1, 0.15) is 31.5 Å². The molecule has 2 rings (SSSR count). The predicted molar refractivity (Wildman–Crippen MR) is 108 cm³/mol. The zero-order valence-electron chi connectivity index (χ0n) is 14.6. The van der Waals surface area contributed by atoms with Crippen LogP contribution in [0.25, 0.3) is 0 Å². The van der Waals surface area contributed by atoms with Gasteiger partial charge >= 0.3 is 0 Å². The smallest absolute Gasteiger partial charge is 0.225 e. The van der Waals surface area contributed by atoms with E-state index in [1.807, 2.05) is 6.07 Å². The van der Waals surface area contributed by atoms with Crippen molar-refractivity contribution in [3.63, 3.8) is 0 Å². The molecule has 0 bridgehead atoms. The van der Waals surface area contributed by atoms with Gasteiger partial charge in [-0.2, -0.15) is 5.26 Å². The fourth-order valence-corrected chi connectivity index (χ4v) is 3.64. The van der Waals surface area contributed by atoms with E-state index in [2.05, 4.69) is 30.2 Å². The van der Waals surface area contributed by atoms with E-state index in [1.54, 1.807) is 24.3 Å². The lowest BCUT2D eigenvalue weighted by molar-refractivity contribution is -0.115. The number of amides is 1. The van der Waals surface area contributed by atoms with E-state index in [1.165, 1.54) is 11.8 Å². The number of carbonyl (C=O) groups is 1. The molecule has 1 heterocycles. The molecule has 0 aliphatic heterocycles. The molecule has 1 aromatic heterocycles. The summed E-state index contributed by atoms with van der Waals surface area (Å²) in [5.74, 6) is 0.853. The van der Waals surface area contributed by atoms with E-state index in [-0.39, 0.29) is 12.3 Å². The highest BCUT2D eigenvalue weighted by atomic mass is 35.5. The van der Waals surface area contributed by atoms with Gasteiger partial charge in [0.15, 0.2) is 0 Å². The summed E-state index contributed by atoms with van der Waals surface area (Å²) in [7, 11) is 0. The highest BCUT2D eigenvalue weighted by Gasteiger charge is 2.10. The largest absolute Gasteiger partial charge is 0.325 e. The number of thioether (sulfide) groups is 1. The third-order valence-electron chi connectivity index (χ3n) is 3.43. The van der Waals surface area contributed by atoms with Gasteiger partial charge < -0.3 is 5.32 Å². The van der Waals surface area contributed by atoms with Gasteiger partial charge in [0.05, 0.1) is 16.3 Å². The van der Waals surface area contributed by atoms with Gasteiger partial charge in [-0.1, -0.05) is 37.0 Å². The Morgan fingerprint density at radius 3 is 2.73 bits per heavy atom. The third kappa shape index (κ3) is 6.21. The Balaban J connectivity index is 1.94. The van der Waals surface area contributed by atoms with Gasteiger partial charge in [-0.05, 0) is 42.7 Å². The molecule has 136 valence electrons. The van der Waals surface area contributed by atoms with E-state index in [0.717, 1.165) is 12.1 Å². The number of carbonyl (C=O) groups excluding carboxylic acids is 1. The first-order valence-electron chi connectivity index (χ1n) is 8.16. The number of nitrogens with one attached hydrogen (secondary N) is 1. The first-order valence-corrected chi connectivity index (χ1v) is 9.91. The van der Waals surface area contributed by atoms with Gasteiger partial charge in [-0.3, -0.25) is 4.79 Å². The van der Waals surface area contributed by atoms with Crippen LogP contribution in [0, 0.1) is 17.2 Å². The normalized spacial score (nSPS) is 10.6. The summed E-state index contributed by atoms with van der Waals surface area (Å²) in [4.78, 5) is 16.7. The minimum atomic E-state index is -0.154. The molecule has 4 nitrogen and oxygen atoms in total. The zero-order valence-corrected chi connectivity index (χ0v) is 16.9. The molecule has 1 amide bonds.